The summed E-state index contributed by atoms with van der Waals surface area (Å²) in [7, 11) is -8.69. The van der Waals surface area contributed by atoms with Gasteiger partial charge in [0.2, 0.25) is 0 Å². The Morgan fingerprint density at radius 3 is 2.24 bits per heavy atom. The van der Waals surface area contributed by atoms with Crippen molar-refractivity contribution in [3.05, 3.63) is 71.3 Å². The van der Waals surface area contributed by atoms with Gasteiger partial charge in [-0.2, -0.15) is 8.42 Å². The van der Waals surface area contributed by atoms with Crippen LogP contribution in [0.4, 0.5) is 3.89 Å². The van der Waals surface area contributed by atoms with Crippen molar-refractivity contribution in [3.63, 3.8) is 0 Å². The Labute approximate surface area is 145 Å². The summed E-state index contributed by atoms with van der Waals surface area (Å²) in [6.07, 6.45) is 2.32. The molecule has 130 valence electrons. The van der Waals surface area contributed by atoms with Crippen LogP contribution >= 0.6 is 0 Å². The average molecular weight is 379 g/mol. The molecule has 2 aromatic carbocycles. The van der Waals surface area contributed by atoms with Crippen LogP contribution in [0.3, 0.4) is 0 Å². The number of nitrogens with zero attached hydrogens (tertiary/aromatic N) is 1. The van der Waals surface area contributed by atoms with Gasteiger partial charge < -0.3 is 0 Å². The minimum atomic E-state index is -4.81. The van der Waals surface area contributed by atoms with E-state index in [1.54, 1.807) is 36.4 Å². The van der Waals surface area contributed by atoms with Crippen molar-refractivity contribution in [2.24, 2.45) is 0 Å². The van der Waals surface area contributed by atoms with Crippen LogP contribution in [-0.4, -0.2) is 20.8 Å². The molecule has 0 amide bonds. The molecule has 5 nitrogen and oxygen atoms in total. The van der Waals surface area contributed by atoms with Gasteiger partial charge in [0.05, 0.1) is 15.8 Å². The lowest BCUT2D eigenvalue weighted by molar-refractivity contribution is 0.563. The average Bonchev–Trinajstić information content (AvgIpc) is 2.92. The second-order valence-corrected chi connectivity index (χ2v) is 8.53. The van der Waals surface area contributed by atoms with E-state index in [4.69, 9.17) is 0 Å². The summed E-state index contributed by atoms with van der Waals surface area (Å²) in [5, 5.41) is 0.899. The van der Waals surface area contributed by atoms with E-state index >= 15 is 0 Å². The van der Waals surface area contributed by atoms with Crippen molar-refractivity contribution in [2.75, 3.05) is 0 Å². The van der Waals surface area contributed by atoms with Gasteiger partial charge in [-0.05, 0) is 31.2 Å². The minimum Gasteiger partial charge on any atom is -0.241 e. The number of para-hydroxylation sites is 1. The third-order valence-corrected chi connectivity index (χ3v) is 5.85. The fraction of sp³-hybridized carbons (Fsp3) is 0.0588. The first kappa shape index (κ1) is 17.4. The van der Waals surface area contributed by atoms with Crippen LogP contribution in [0.15, 0.2) is 65.0 Å². The zero-order valence-corrected chi connectivity index (χ0v) is 14.8. The maximum atomic E-state index is 12.9. The second-order valence-electron chi connectivity index (χ2n) is 5.49. The van der Waals surface area contributed by atoms with E-state index < -0.39 is 20.2 Å². The molecule has 0 atom stereocenters. The summed E-state index contributed by atoms with van der Waals surface area (Å²) in [6, 6.07) is 13.0. The Kier molecular flexibility index (Phi) is 4.26. The molecule has 1 aromatic heterocycles. The first-order valence-electron chi connectivity index (χ1n) is 7.23. The topological polar surface area (TPSA) is 73.2 Å². The highest BCUT2D eigenvalue weighted by Crippen LogP contribution is 2.27. The molecule has 0 bridgehead atoms. The predicted molar refractivity (Wildman–Crippen MR) is 94.8 cm³/mol. The van der Waals surface area contributed by atoms with Gasteiger partial charge in [0, 0.05) is 17.1 Å². The third-order valence-electron chi connectivity index (χ3n) is 3.70. The Morgan fingerprint density at radius 1 is 0.960 bits per heavy atom. The number of hydrogen-bond donors (Lipinski definition) is 0. The maximum absolute atomic E-state index is 12.9. The number of fused-ring (bicyclic) bond motifs is 1. The molecule has 3 rings (SSSR count). The molecule has 0 unspecified atom stereocenters. The van der Waals surface area contributed by atoms with Crippen LogP contribution in [0.2, 0.25) is 0 Å². The summed E-state index contributed by atoms with van der Waals surface area (Å²) >= 11 is 0. The molecular weight excluding hydrogens is 365 g/mol. The van der Waals surface area contributed by atoms with E-state index in [0.29, 0.717) is 16.3 Å². The van der Waals surface area contributed by atoms with Gasteiger partial charge in [0.15, 0.2) is 0 Å². The maximum Gasteiger partial charge on any atom is 0.325 e. The predicted octanol–water partition coefficient (Wildman–Crippen LogP) is 3.46. The van der Waals surface area contributed by atoms with Crippen molar-refractivity contribution in [1.29, 1.82) is 0 Å². The van der Waals surface area contributed by atoms with Crippen molar-refractivity contribution in [3.8, 4) is 0 Å². The highest BCUT2D eigenvalue weighted by molar-refractivity contribution is 7.90. The van der Waals surface area contributed by atoms with E-state index in [9.17, 15) is 20.7 Å². The number of halogens is 1. The first-order chi connectivity index (χ1) is 11.7. The van der Waals surface area contributed by atoms with Crippen LogP contribution in [0, 0.1) is 6.92 Å². The minimum absolute atomic E-state index is 0.104. The molecule has 0 aliphatic heterocycles. The van der Waals surface area contributed by atoms with Crippen LogP contribution < -0.4 is 0 Å². The smallest absolute Gasteiger partial charge is 0.241 e. The first-order valence-corrected chi connectivity index (χ1v) is 10.1. The van der Waals surface area contributed by atoms with E-state index in [-0.39, 0.29) is 10.5 Å². The molecule has 0 saturated heterocycles. The molecule has 0 radical (unpaired) electrons. The highest BCUT2D eigenvalue weighted by atomic mass is 32.3. The Balaban J connectivity index is 2.23. The van der Waals surface area contributed by atoms with Crippen LogP contribution in [-0.2, 0) is 20.2 Å². The zero-order chi connectivity index (χ0) is 18.2. The Morgan fingerprint density at radius 2 is 1.60 bits per heavy atom. The van der Waals surface area contributed by atoms with Gasteiger partial charge in [-0.1, -0.05) is 35.9 Å². The van der Waals surface area contributed by atoms with Crippen molar-refractivity contribution >= 4 is 37.2 Å². The summed E-state index contributed by atoms with van der Waals surface area (Å²) < 4.78 is 61.1. The molecule has 0 N–H and O–H groups in total. The van der Waals surface area contributed by atoms with Gasteiger partial charge >= 0.3 is 10.2 Å². The number of rotatable bonds is 4. The number of aromatic nitrogens is 1. The standard InChI is InChI=1S/C17H14FNO4S2/c1-13-6-8-15(9-7-13)25(22,23)19-12-14(10-11-24(18,20)21)16-4-2-3-5-17(16)19/h2-12H,1H3/b11-10+. The summed E-state index contributed by atoms with van der Waals surface area (Å²) in [5.41, 5.74) is 1.58. The fourth-order valence-corrected chi connectivity index (χ4v) is 4.17. The number of aryl methyl sites for hydroxylation is 1. The zero-order valence-electron chi connectivity index (χ0n) is 13.1. The van der Waals surface area contributed by atoms with E-state index in [2.05, 4.69) is 0 Å². The lowest BCUT2D eigenvalue weighted by Gasteiger charge is -2.07. The fourth-order valence-electron chi connectivity index (χ4n) is 2.49. The van der Waals surface area contributed by atoms with Gasteiger partial charge in [0.25, 0.3) is 10.0 Å². The van der Waals surface area contributed by atoms with Gasteiger partial charge in [0.1, 0.15) is 0 Å². The number of benzene rings is 2. The molecule has 0 aliphatic rings. The van der Waals surface area contributed by atoms with Crippen LogP contribution in [0.5, 0.6) is 0 Å². The monoisotopic (exact) mass is 379 g/mol. The SMILES string of the molecule is Cc1ccc(S(=O)(=O)n2cc(/C=C/S(=O)(=O)F)c3ccccc32)cc1. The molecule has 8 heteroatoms. The lowest BCUT2D eigenvalue weighted by Crippen LogP contribution is -2.11. The van der Waals surface area contributed by atoms with E-state index in [0.717, 1.165) is 15.6 Å². The molecule has 0 fully saturated rings. The van der Waals surface area contributed by atoms with E-state index in [1.165, 1.54) is 18.3 Å². The molecular formula is C17H14FNO4S2. The van der Waals surface area contributed by atoms with Crippen molar-refractivity contribution < 1.29 is 20.7 Å². The van der Waals surface area contributed by atoms with E-state index in [1.807, 2.05) is 6.92 Å². The Bertz CT molecular complexity index is 1180. The summed E-state index contributed by atoms with van der Waals surface area (Å²) in [6.45, 7) is 1.85. The molecule has 0 spiro atoms. The normalized spacial score (nSPS) is 12.9. The summed E-state index contributed by atoms with van der Waals surface area (Å²) in [4.78, 5) is 0.104. The molecule has 0 aliphatic carbocycles. The lowest BCUT2D eigenvalue weighted by atomic mass is 10.2. The van der Waals surface area contributed by atoms with Crippen molar-refractivity contribution in [1.82, 2.24) is 3.97 Å². The van der Waals surface area contributed by atoms with Gasteiger partial charge in [-0.25, -0.2) is 12.4 Å². The highest BCUT2D eigenvalue weighted by Gasteiger charge is 2.20. The Hall–Kier alpha value is -2.45. The molecule has 3 aromatic rings. The second kappa shape index (κ2) is 6.12. The third kappa shape index (κ3) is 3.49. The molecule has 0 saturated carbocycles. The van der Waals surface area contributed by atoms with Crippen LogP contribution in [0.25, 0.3) is 17.0 Å². The molecule has 1 heterocycles. The number of hydrogen-bond acceptors (Lipinski definition) is 4. The molecule has 25 heavy (non-hydrogen) atoms. The largest absolute Gasteiger partial charge is 0.325 e. The van der Waals surface area contributed by atoms with Gasteiger partial charge in [-0.15, -0.1) is 3.89 Å². The quantitative estimate of drug-likeness (QED) is 0.651. The van der Waals surface area contributed by atoms with Crippen molar-refractivity contribution in [2.45, 2.75) is 11.8 Å². The van der Waals surface area contributed by atoms with Gasteiger partial charge in [-0.3, -0.25) is 0 Å². The van der Waals surface area contributed by atoms with Crippen LogP contribution in [0.1, 0.15) is 11.1 Å². The summed E-state index contributed by atoms with van der Waals surface area (Å²) in [5.74, 6) is 0.